The molecule has 5 N–H and O–H groups in total. The number of anilines is 1. The Kier molecular flexibility index (Phi) is 4.96. The maximum atomic E-state index is 10.9. The van der Waals surface area contributed by atoms with E-state index >= 15 is 0 Å². The summed E-state index contributed by atoms with van der Waals surface area (Å²) in [5.74, 6) is 5.03. The van der Waals surface area contributed by atoms with Crippen LogP contribution in [0.15, 0.2) is 29.2 Å². The largest absolute Gasteiger partial charge is 0.398 e. The molecule has 0 aliphatic heterocycles. The lowest BCUT2D eigenvalue weighted by molar-refractivity contribution is -0.150. The maximum Gasteiger partial charge on any atom is 0.327 e. The van der Waals surface area contributed by atoms with Gasteiger partial charge in [0.25, 0.3) is 0 Å². The number of thioether (sulfide) groups is 1. The van der Waals surface area contributed by atoms with Gasteiger partial charge in [-0.15, -0.1) is 11.8 Å². The minimum absolute atomic E-state index is 0.281. The zero-order valence-corrected chi connectivity index (χ0v) is 8.92. The third-order valence-electron chi connectivity index (χ3n) is 1.66. The summed E-state index contributed by atoms with van der Waals surface area (Å²) in [6.45, 7) is 0. The van der Waals surface area contributed by atoms with E-state index in [1.807, 2.05) is 29.9 Å². The first kappa shape index (κ1) is 11.8. The number of rotatable bonds is 5. The molecule has 1 aromatic carbocycles. The van der Waals surface area contributed by atoms with E-state index in [1.165, 1.54) is 11.8 Å². The number of nitrogens with two attached hydrogens (primary N) is 2. The smallest absolute Gasteiger partial charge is 0.327 e. The van der Waals surface area contributed by atoms with Crippen LogP contribution in [0.5, 0.6) is 0 Å². The molecule has 1 rings (SSSR count). The van der Waals surface area contributed by atoms with Crippen LogP contribution in [0, 0.1) is 0 Å². The number of hydrogen-bond acceptors (Lipinski definition) is 6. The number of carbonyl (C=O) groups excluding carboxylic acids is 1. The lowest BCUT2D eigenvalue weighted by Crippen LogP contribution is -2.26. The number of benzene rings is 1. The summed E-state index contributed by atoms with van der Waals surface area (Å²) in [5, 5.41) is 0. The van der Waals surface area contributed by atoms with E-state index in [-0.39, 0.29) is 12.4 Å². The third-order valence-corrected chi connectivity index (χ3v) is 2.75. The highest BCUT2D eigenvalue weighted by atomic mass is 32.2. The number of hydrazine groups is 1. The zero-order valence-electron chi connectivity index (χ0n) is 8.10. The Balaban J connectivity index is 2.32. The second kappa shape index (κ2) is 6.28. The Morgan fingerprint density at radius 1 is 1.47 bits per heavy atom. The molecular weight excluding hydrogens is 214 g/mol. The molecular formula is C9H13N3O2S. The van der Waals surface area contributed by atoms with Crippen molar-refractivity contribution in [2.45, 2.75) is 11.3 Å². The third kappa shape index (κ3) is 4.20. The van der Waals surface area contributed by atoms with Gasteiger partial charge in [-0.3, -0.25) is 4.79 Å². The highest BCUT2D eigenvalue weighted by molar-refractivity contribution is 7.99. The van der Waals surface area contributed by atoms with E-state index < -0.39 is 0 Å². The number of nitrogen functional groups attached to an aromatic ring is 1. The van der Waals surface area contributed by atoms with E-state index in [9.17, 15) is 4.79 Å². The molecule has 5 nitrogen and oxygen atoms in total. The predicted molar refractivity (Wildman–Crippen MR) is 59.6 cm³/mol. The lowest BCUT2D eigenvalue weighted by Gasteiger charge is -2.04. The highest BCUT2D eigenvalue weighted by Crippen LogP contribution is 2.24. The van der Waals surface area contributed by atoms with Crippen LogP contribution in [-0.4, -0.2) is 11.7 Å². The quantitative estimate of drug-likeness (QED) is 0.296. The van der Waals surface area contributed by atoms with Crippen molar-refractivity contribution in [1.29, 1.82) is 0 Å². The summed E-state index contributed by atoms with van der Waals surface area (Å²) in [4.78, 5) is 16.2. The molecule has 1 aromatic rings. The standard InChI is InChI=1S/C9H13N3O2S/c10-7-3-1-2-4-8(7)15-6-5-9(13)14-12-11/h1-4,12H,5-6,10-11H2. The van der Waals surface area contributed by atoms with Crippen molar-refractivity contribution in [3.8, 4) is 0 Å². The van der Waals surface area contributed by atoms with Gasteiger partial charge in [-0.2, -0.15) is 0 Å². The fourth-order valence-corrected chi connectivity index (χ4v) is 1.87. The van der Waals surface area contributed by atoms with Gasteiger partial charge in [0.1, 0.15) is 0 Å². The van der Waals surface area contributed by atoms with Gasteiger partial charge in [0, 0.05) is 16.3 Å². The Morgan fingerprint density at radius 2 is 2.20 bits per heavy atom. The molecule has 6 heteroatoms. The maximum absolute atomic E-state index is 10.9. The van der Waals surface area contributed by atoms with Gasteiger partial charge < -0.3 is 10.6 Å². The normalized spacial score (nSPS) is 9.93. The summed E-state index contributed by atoms with van der Waals surface area (Å²) >= 11 is 1.51. The fourth-order valence-electron chi connectivity index (χ4n) is 0.973. The topological polar surface area (TPSA) is 90.4 Å². The van der Waals surface area contributed by atoms with Crippen molar-refractivity contribution in [2.75, 3.05) is 11.5 Å². The van der Waals surface area contributed by atoms with Crippen molar-refractivity contribution in [2.24, 2.45) is 5.84 Å². The molecule has 0 bridgehead atoms. The van der Waals surface area contributed by atoms with E-state index in [0.29, 0.717) is 11.4 Å². The molecule has 0 aliphatic rings. The number of hydrogen-bond donors (Lipinski definition) is 3. The van der Waals surface area contributed by atoms with Gasteiger partial charge in [0.2, 0.25) is 0 Å². The Hall–Kier alpha value is -1.24. The molecule has 82 valence electrons. The van der Waals surface area contributed by atoms with Crippen LogP contribution in [0.25, 0.3) is 0 Å². The Bertz CT molecular complexity index is 333. The van der Waals surface area contributed by atoms with Crippen LogP contribution < -0.4 is 17.2 Å². The molecule has 0 heterocycles. The first-order valence-corrected chi connectivity index (χ1v) is 5.35. The molecule has 0 aliphatic carbocycles. The van der Waals surface area contributed by atoms with Crippen LogP contribution in [-0.2, 0) is 9.63 Å². The van der Waals surface area contributed by atoms with Gasteiger partial charge in [-0.25, -0.2) is 5.84 Å². The molecule has 0 aromatic heterocycles. The summed E-state index contributed by atoms with van der Waals surface area (Å²) in [5.41, 5.74) is 8.29. The van der Waals surface area contributed by atoms with Crippen molar-refractivity contribution in [3.05, 3.63) is 24.3 Å². The second-order valence-electron chi connectivity index (χ2n) is 2.73. The van der Waals surface area contributed by atoms with Crippen LogP contribution in [0.4, 0.5) is 5.69 Å². The summed E-state index contributed by atoms with van der Waals surface area (Å²) in [6, 6.07) is 7.50. The SMILES string of the molecule is NNOC(=O)CCSc1ccccc1N. The molecule has 0 amide bonds. The van der Waals surface area contributed by atoms with Crippen molar-refractivity contribution in [3.63, 3.8) is 0 Å². The lowest BCUT2D eigenvalue weighted by atomic mass is 10.3. The molecule has 0 radical (unpaired) electrons. The Morgan fingerprint density at radius 3 is 2.87 bits per heavy atom. The van der Waals surface area contributed by atoms with Gasteiger partial charge in [-0.05, 0) is 12.1 Å². The average Bonchev–Trinajstić information content (AvgIpc) is 2.21. The van der Waals surface area contributed by atoms with E-state index in [1.54, 1.807) is 0 Å². The van der Waals surface area contributed by atoms with Gasteiger partial charge in [0.15, 0.2) is 0 Å². The van der Waals surface area contributed by atoms with Crippen LogP contribution in [0.3, 0.4) is 0 Å². The number of nitrogens with one attached hydrogen (secondary N) is 1. The van der Waals surface area contributed by atoms with Crippen molar-refractivity contribution < 1.29 is 9.63 Å². The predicted octanol–water partition coefficient (Wildman–Crippen LogP) is 0.672. The van der Waals surface area contributed by atoms with Gasteiger partial charge >= 0.3 is 5.97 Å². The second-order valence-corrected chi connectivity index (χ2v) is 3.86. The van der Waals surface area contributed by atoms with E-state index in [0.717, 1.165) is 4.90 Å². The molecule has 0 saturated carbocycles. The van der Waals surface area contributed by atoms with Gasteiger partial charge in [-0.1, -0.05) is 17.7 Å². The molecule has 0 fully saturated rings. The van der Waals surface area contributed by atoms with Crippen LogP contribution >= 0.6 is 11.8 Å². The number of para-hydroxylation sites is 1. The molecule has 0 unspecified atom stereocenters. The Labute approximate surface area is 92.1 Å². The van der Waals surface area contributed by atoms with E-state index in [2.05, 4.69) is 4.84 Å². The van der Waals surface area contributed by atoms with Crippen LogP contribution in [0.2, 0.25) is 0 Å². The minimum Gasteiger partial charge on any atom is -0.398 e. The summed E-state index contributed by atoms with van der Waals surface area (Å²) < 4.78 is 0. The van der Waals surface area contributed by atoms with Gasteiger partial charge in [0.05, 0.1) is 6.42 Å². The van der Waals surface area contributed by atoms with Crippen molar-refractivity contribution >= 4 is 23.4 Å². The first-order chi connectivity index (χ1) is 7.24. The van der Waals surface area contributed by atoms with Crippen molar-refractivity contribution in [1.82, 2.24) is 5.59 Å². The average molecular weight is 227 g/mol. The molecule has 0 spiro atoms. The summed E-state index contributed by atoms with van der Waals surface area (Å²) in [7, 11) is 0. The minimum atomic E-state index is -0.389. The monoisotopic (exact) mass is 227 g/mol. The fraction of sp³-hybridized carbons (Fsp3) is 0.222. The van der Waals surface area contributed by atoms with Crippen LogP contribution in [0.1, 0.15) is 6.42 Å². The number of carbonyl (C=O) groups is 1. The van der Waals surface area contributed by atoms with E-state index in [4.69, 9.17) is 11.6 Å². The highest BCUT2D eigenvalue weighted by Gasteiger charge is 2.03. The summed E-state index contributed by atoms with van der Waals surface area (Å²) in [6.07, 6.45) is 0.281. The molecule has 0 atom stereocenters. The first-order valence-electron chi connectivity index (χ1n) is 4.36. The molecule has 15 heavy (non-hydrogen) atoms. The zero-order chi connectivity index (χ0) is 11.1. The molecule has 0 saturated heterocycles.